The number of nitrogens with one attached hydrogen (secondary N) is 1. The van der Waals surface area contributed by atoms with Crippen molar-refractivity contribution in [3.63, 3.8) is 0 Å². The Morgan fingerprint density at radius 2 is 2.00 bits per heavy atom. The Balaban J connectivity index is 1.69. The highest BCUT2D eigenvalue weighted by molar-refractivity contribution is 5.44. The third-order valence-electron chi connectivity index (χ3n) is 3.82. The van der Waals surface area contributed by atoms with E-state index in [4.69, 9.17) is 9.47 Å². The largest absolute Gasteiger partial charge is 0.486 e. The van der Waals surface area contributed by atoms with Gasteiger partial charge in [0.2, 0.25) is 0 Å². The number of ether oxygens (including phenoxy) is 2. The molecule has 1 heterocycles. The standard InChI is InChI=1S/C16H21NO2/c1-12(17-14-5-3-2-4-6-14)13-7-8-15-16(11-13)19-10-9-18-15/h2-3,7-8,11-12,14,17H,4-6,9-10H2,1H3. The van der Waals surface area contributed by atoms with Gasteiger partial charge in [0, 0.05) is 12.1 Å². The molecule has 0 aromatic heterocycles. The number of benzene rings is 1. The lowest BCUT2D eigenvalue weighted by molar-refractivity contribution is 0.171. The molecule has 1 aliphatic heterocycles. The van der Waals surface area contributed by atoms with E-state index in [1.165, 1.54) is 18.4 Å². The van der Waals surface area contributed by atoms with E-state index in [9.17, 15) is 0 Å². The van der Waals surface area contributed by atoms with Gasteiger partial charge in [-0.2, -0.15) is 0 Å². The molecule has 19 heavy (non-hydrogen) atoms. The second kappa shape index (κ2) is 5.66. The predicted octanol–water partition coefficient (Wildman–Crippen LogP) is 3.22. The van der Waals surface area contributed by atoms with E-state index < -0.39 is 0 Å². The van der Waals surface area contributed by atoms with E-state index in [1.807, 2.05) is 6.07 Å². The molecule has 102 valence electrons. The van der Waals surface area contributed by atoms with E-state index in [0.717, 1.165) is 17.9 Å². The zero-order valence-electron chi connectivity index (χ0n) is 11.4. The molecule has 1 N–H and O–H groups in total. The molecule has 3 nitrogen and oxygen atoms in total. The summed E-state index contributed by atoms with van der Waals surface area (Å²) in [5.74, 6) is 1.74. The van der Waals surface area contributed by atoms with Crippen molar-refractivity contribution in [2.45, 2.75) is 38.3 Å². The first-order chi connectivity index (χ1) is 9.33. The van der Waals surface area contributed by atoms with Gasteiger partial charge in [-0.05, 0) is 43.9 Å². The molecule has 0 amide bonds. The van der Waals surface area contributed by atoms with Crippen LogP contribution >= 0.6 is 0 Å². The van der Waals surface area contributed by atoms with Crippen molar-refractivity contribution in [3.8, 4) is 11.5 Å². The highest BCUT2D eigenvalue weighted by Gasteiger charge is 2.17. The molecule has 0 saturated heterocycles. The quantitative estimate of drug-likeness (QED) is 0.845. The van der Waals surface area contributed by atoms with Crippen molar-refractivity contribution in [1.82, 2.24) is 5.32 Å². The average Bonchev–Trinajstić information content (AvgIpc) is 2.48. The highest BCUT2D eigenvalue weighted by Crippen LogP contribution is 2.32. The van der Waals surface area contributed by atoms with Crippen molar-refractivity contribution in [3.05, 3.63) is 35.9 Å². The molecule has 2 unspecified atom stereocenters. The zero-order valence-corrected chi connectivity index (χ0v) is 11.4. The maximum absolute atomic E-state index is 5.64. The van der Waals surface area contributed by atoms with Crippen LogP contribution in [-0.4, -0.2) is 19.3 Å². The SMILES string of the molecule is CC(NC1CC=CCC1)c1ccc2c(c1)OCCO2. The number of hydrogen-bond acceptors (Lipinski definition) is 3. The first-order valence-corrected chi connectivity index (χ1v) is 7.13. The third-order valence-corrected chi connectivity index (χ3v) is 3.82. The fourth-order valence-electron chi connectivity index (χ4n) is 2.72. The molecule has 1 aromatic rings. The lowest BCUT2D eigenvalue weighted by atomic mass is 9.99. The predicted molar refractivity (Wildman–Crippen MR) is 75.8 cm³/mol. The molecule has 0 radical (unpaired) electrons. The summed E-state index contributed by atoms with van der Waals surface area (Å²) in [5.41, 5.74) is 1.26. The second-order valence-corrected chi connectivity index (χ2v) is 5.27. The summed E-state index contributed by atoms with van der Waals surface area (Å²) in [7, 11) is 0. The first-order valence-electron chi connectivity index (χ1n) is 7.13. The van der Waals surface area contributed by atoms with Crippen LogP contribution in [-0.2, 0) is 0 Å². The third kappa shape index (κ3) is 2.92. The van der Waals surface area contributed by atoms with Crippen molar-refractivity contribution < 1.29 is 9.47 Å². The molecule has 1 aliphatic carbocycles. The van der Waals surface area contributed by atoms with Crippen LogP contribution in [0.1, 0.15) is 37.8 Å². The van der Waals surface area contributed by atoms with Gasteiger partial charge >= 0.3 is 0 Å². The van der Waals surface area contributed by atoms with Crippen LogP contribution in [0, 0.1) is 0 Å². The Morgan fingerprint density at radius 1 is 1.16 bits per heavy atom. The van der Waals surface area contributed by atoms with Gasteiger partial charge in [-0.15, -0.1) is 0 Å². The first kappa shape index (κ1) is 12.5. The number of allylic oxidation sites excluding steroid dienone is 1. The maximum Gasteiger partial charge on any atom is 0.161 e. The van der Waals surface area contributed by atoms with Crippen LogP contribution in [0.25, 0.3) is 0 Å². The van der Waals surface area contributed by atoms with Crippen LogP contribution in [0.15, 0.2) is 30.4 Å². The van der Waals surface area contributed by atoms with E-state index >= 15 is 0 Å². The monoisotopic (exact) mass is 259 g/mol. The van der Waals surface area contributed by atoms with Crippen molar-refractivity contribution in [2.24, 2.45) is 0 Å². The van der Waals surface area contributed by atoms with Crippen molar-refractivity contribution in [1.29, 1.82) is 0 Å². The summed E-state index contributed by atoms with van der Waals surface area (Å²) in [4.78, 5) is 0. The fraction of sp³-hybridized carbons (Fsp3) is 0.500. The van der Waals surface area contributed by atoms with E-state index in [2.05, 4.69) is 36.5 Å². The summed E-state index contributed by atoms with van der Waals surface area (Å²) in [6.07, 6.45) is 8.09. The normalized spacial score (nSPS) is 23.1. The van der Waals surface area contributed by atoms with Crippen LogP contribution in [0.4, 0.5) is 0 Å². The summed E-state index contributed by atoms with van der Waals surface area (Å²) in [6.45, 7) is 3.50. The molecule has 3 rings (SSSR count). The van der Waals surface area contributed by atoms with Crippen LogP contribution in [0.3, 0.4) is 0 Å². The van der Waals surface area contributed by atoms with Gasteiger partial charge in [-0.3, -0.25) is 0 Å². The minimum atomic E-state index is 0.340. The van der Waals surface area contributed by atoms with Gasteiger partial charge in [0.25, 0.3) is 0 Å². The summed E-state index contributed by atoms with van der Waals surface area (Å²) in [6, 6.07) is 7.18. The second-order valence-electron chi connectivity index (χ2n) is 5.27. The van der Waals surface area contributed by atoms with E-state index in [1.54, 1.807) is 0 Å². The molecule has 1 aromatic carbocycles. The molecule has 0 bridgehead atoms. The Morgan fingerprint density at radius 3 is 2.79 bits per heavy atom. The van der Waals surface area contributed by atoms with Gasteiger partial charge < -0.3 is 14.8 Å². The number of hydrogen-bond donors (Lipinski definition) is 1. The van der Waals surface area contributed by atoms with E-state index in [-0.39, 0.29) is 0 Å². The summed E-state index contributed by atoms with van der Waals surface area (Å²) >= 11 is 0. The molecular weight excluding hydrogens is 238 g/mol. The molecule has 2 aliphatic rings. The van der Waals surface area contributed by atoms with Gasteiger partial charge in [-0.25, -0.2) is 0 Å². The Kier molecular flexibility index (Phi) is 3.74. The van der Waals surface area contributed by atoms with Gasteiger partial charge in [0.05, 0.1) is 0 Å². The molecule has 2 atom stereocenters. The van der Waals surface area contributed by atoms with Crippen LogP contribution < -0.4 is 14.8 Å². The minimum Gasteiger partial charge on any atom is -0.486 e. The van der Waals surface area contributed by atoms with Crippen LogP contribution in [0.5, 0.6) is 11.5 Å². The molecule has 0 saturated carbocycles. The van der Waals surface area contributed by atoms with Crippen molar-refractivity contribution >= 4 is 0 Å². The molecule has 0 spiro atoms. The lowest BCUT2D eigenvalue weighted by Crippen LogP contribution is -2.32. The fourth-order valence-corrected chi connectivity index (χ4v) is 2.72. The Labute approximate surface area is 114 Å². The summed E-state index contributed by atoms with van der Waals surface area (Å²) < 4.78 is 11.2. The van der Waals surface area contributed by atoms with Gasteiger partial charge in [0.15, 0.2) is 11.5 Å². The Bertz CT molecular complexity index is 470. The van der Waals surface area contributed by atoms with Crippen molar-refractivity contribution in [2.75, 3.05) is 13.2 Å². The van der Waals surface area contributed by atoms with Crippen LogP contribution in [0.2, 0.25) is 0 Å². The topological polar surface area (TPSA) is 30.5 Å². The smallest absolute Gasteiger partial charge is 0.161 e. The number of fused-ring (bicyclic) bond motifs is 1. The molecule has 0 fully saturated rings. The highest BCUT2D eigenvalue weighted by atomic mass is 16.6. The average molecular weight is 259 g/mol. The molecule has 3 heteroatoms. The van der Waals surface area contributed by atoms with Gasteiger partial charge in [0.1, 0.15) is 13.2 Å². The zero-order chi connectivity index (χ0) is 13.1. The Hall–Kier alpha value is -1.48. The van der Waals surface area contributed by atoms with E-state index in [0.29, 0.717) is 25.3 Å². The summed E-state index contributed by atoms with van der Waals surface area (Å²) in [5, 5.41) is 3.69. The maximum atomic E-state index is 5.64. The molecular formula is C16H21NO2. The number of rotatable bonds is 3. The minimum absolute atomic E-state index is 0.340. The lowest BCUT2D eigenvalue weighted by Gasteiger charge is -2.25. The van der Waals surface area contributed by atoms with Gasteiger partial charge in [-0.1, -0.05) is 18.2 Å².